The molecular weight excluding hydrogens is 196 g/mol. The van der Waals surface area contributed by atoms with Crippen LogP contribution < -0.4 is 11.1 Å². The van der Waals surface area contributed by atoms with Gasteiger partial charge in [0.25, 0.3) is 0 Å². The Morgan fingerprint density at radius 1 is 1.71 bits per heavy atom. The van der Waals surface area contributed by atoms with Crippen LogP contribution in [0.1, 0.15) is 26.2 Å². The summed E-state index contributed by atoms with van der Waals surface area (Å²) in [5.74, 6) is 1.85. The zero-order chi connectivity index (χ0) is 10.4. The lowest BCUT2D eigenvalue weighted by Crippen LogP contribution is -2.23. The van der Waals surface area contributed by atoms with E-state index in [4.69, 9.17) is 5.73 Å². The number of nitrogens with two attached hydrogens (primary N) is 1. The van der Waals surface area contributed by atoms with Crippen molar-refractivity contribution in [1.82, 2.24) is 5.32 Å². The van der Waals surface area contributed by atoms with Gasteiger partial charge in [0.05, 0.1) is 0 Å². The van der Waals surface area contributed by atoms with E-state index in [-0.39, 0.29) is 5.91 Å². The number of rotatable bonds is 4. The summed E-state index contributed by atoms with van der Waals surface area (Å²) in [6, 6.07) is 0. The molecule has 0 bridgehead atoms. The van der Waals surface area contributed by atoms with Crippen molar-refractivity contribution in [2.45, 2.75) is 31.4 Å². The Hall–Kier alpha value is -0.220. The monoisotopic (exact) mass is 216 g/mol. The van der Waals surface area contributed by atoms with Crippen molar-refractivity contribution in [2.75, 3.05) is 18.8 Å². The number of nitrogens with one attached hydrogen (secondary N) is 1. The van der Waals surface area contributed by atoms with Gasteiger partial charge in [-0.15, -0.1) is 0 Å². The van der Waals surface area contributed by atoms with Gasteiger partial charge in [-0.3, -0.25) is 4.79 Å². The highest BCUT2D eigenvalue weighted by molar-refractivity contribution is 7.99. The second-order valence-electron chi connectivity index (χ2n) is 3.99. The Morgan fingerprint density at radius 2 is 2.50 bits per heavy atom. The molecule has 1 aliphatic rings. The molecule has 2 atom stereocenters. The van der Waals surface area contributed by atoms with E-state index >= 15 is 0 Å². The molecule has 14 heavy (non-hydrogen) atoms. The molecule has 3 nitrogen and oxygen atoms in total. The average Bonchev–Trinajstić information content (AvgIpc) is 2.39. The molecule has 1 aliphatic heterocycles. The summed E-state index contributed by atoms with van der Waals surface area (Å²) < 4.78 is 0. The Bertz CT molecular complexity index is 187. The van der Waals surface area contributed by atoms with Crippen molar-refractivity contribution < 1.29 is 4.79 Å². The van der Waals surface area contributed by atoms with E-state index in [1.54, 1.807) is 0 Å². The van der Waals surface area contributed by atoms with Crippen molar-refractivity contribution in [1.29, 1.82) is 0 Å². The first-order valence-corrected chi connectivity index (χ1v) is 6.35. The standard InChI is InChI=1S/C10H20N2OS/c1-8(6-11)7-14-9-3-2-4-12-10(13)5-9/h8-9H,2-7,11H2,1H3,(H,12,13). The van der Waals surface area contributed by atoms with Crippen LogP contribution in [-0.2, 0) is 4.79 Å². The van der Waals surface area contributed by atoms with Crippen LogP contribution in [0.5, 0.6) is 0 Å². The third kappa shape index (κ3) is 4.33. The summed E-state index contributed by atoms with van der Waals surface area (Å²) >= 11 is 1.91. The van der Waals surface area contributed by atoms with Crippen molar-refractivity contribution >= 4 is 17.7 Å². The Kier molecular flexibility index (Phi) is 5.33. The van der Waals surface area contributed by atoms with Gasteiger partial charge in [-0.2, -0.15) is 11.8 Å². The van der Waals surface area contributed by atoms with Gasteiger partial charge in [0, 0.05) is 18.2 Å². The normalized spacial score (nSPS) is 25.3. The van der Waals surface area contributed by atoms with Gasteiger partial charge in [0.2, 0.25) is 5.91 Å². The summed E-state index contributed by atoms with van der Waals surface area (Å²) in [5.41, 5.74) is 5.55. The molecule has 1 fully saturated rings. The molecule has 1 heterocycles. The molecule has 0 aromatic carbocycles. The number of hydrogen-bond donors (Lipinski definition) is 2. The topological polar surface area (TPSA) is 55.1 Å². The highest BCUT2D eigenvalue weighted by atomic mass is 32.2. The summed E-state index contributed by atoms with van der Waals surface area (Å²) in [6.07, 6.45) is 2.95. The molecule has 0 saturated carbocycles. The van der Waals surface area contributed by atoms with Crippen molar-refractivity contribution in [3.05, 3.63) is 0 Å². The molecule has 1 saturated heterocycles. The predicted octanol–water partition coefficient (Wildman–Crippen LogP) is 0.983. The fourth-order valence-electron chi connectivity index (χ4n) is 1.45. The zero-order valence-corrected chi connectivity index (χ0v) is 9.61. The van der Waals surface area contributed by atoms with E-state index in [9.17, 15) is 4.79 Å². The van der Waals surface area contributed by atoms with Gasteiger partial charge >= 0.3 is 0 Å². The molecule has 1 amide bonds. The number of hydrogen-bond acceptors (Lipinski definition) is 3. The molecule has 0 aliphatic carbocycles. The van der Waals surface area contributed by atoms with E-state index in [1.807, 2.05) is 11.8 Å². The number of carbonyl (C=O) groups is 1. The summed E-state index contributed by atoms with van der Waals surface area (Å²) in [7, 11) is 0. The molecule has 4 heteroatoms. The fraction of sp³-hybridized carbons (Fsp3) is 0.900. The fourth-order valence-corrected chi connectivity index (χ4v) is 2.79. The van der Waals surface area contributed by atoms with Crippen LogP contribution in [-0.4, -0.2) is 30.0 Å². The minimum Gasteiger partial charge on any atom is -0.356 e. The predicted molar refractivity (Wildman–Crippen MR) is 61.3 cm³/mol. The summed E-state index contributed by atoms with van der Waals surface area (Å²) in [6.45, 7) is 3.75. The zero-order valence-electron chi connectivity index (χ0n) is 8.79. The van der Waals surface area contributed by atoms with Crippen LogP contribution >= 0.6 is 11.8 Å². The lowest BCUT2D eigenvalue weighted by molar-refractivity contribution is -0.120. The molecule has 0 aromatic heterocycles. The highest BCUT2D eigenvalue weighted by Crippen LogP contribution is 2.23. The van der Waals surface area contributed by atoms with Crippen LogP contribution in [0.2, 0.25) is 0 Å². The number of carbonyl (C=O) groups excluding carboxylic acids is 1. The van der Waals surface area contributed by atoms with Crippen LogP contribution in [0.25, 0.3) is 0 Å². The lowest BCUT2D eigenvalue weighted by atomic mass is 10.2. The Morgan fingerprint density at radius 3 is 3.21 bits per heavy atom. The smallest absolute Gasteiger partial charge is 0.221 e. The van der Waals surface area contributed by atoms with Gasteiger partial charge in [0.1, 0.15) is 0 Å². The summed E-state index contributed by atoms with van der Waals surface area (Å²) in [5, 5.41) is 3.41. The van der Waals surface area contributed by atoms with E-state index in [1.165, 1.54) is 0 Å². The quantitative estimate of drug-likeness (QED) is 0.736. The largest absolute Gasteiger partial charge is 0.356 e. The first kappa shape index (κ1) is 11.9. The molecule has 0 radical (unpaired) electrons. The number of thioether (sulfide) groups is 1. The van der Waals surface area contributed by atoms with Gasteiger partial charge < -0.3 is 11.1 Å². The average molecular weight is 216 g/mol. The molecular formula is C10H20N2OS. The van der Waals surface area contributed by atoms with Crippen molar-refractivity contribution in [3.8, 4) is 0 Å². The van der Waals surface area contributed by atoms with Gasteiger partial charge in [-0.25, -0.2) is 0 Å². The first-order valence-electron chi connectivity index (χ1n) is 5.30. The van der Waals surface area contributed by atoms with Crippen molar-refractivity contribution in [3.63, 3.8) is 0 Å². The maximum absolute atomic E-state index is 11.3. The Labute approximate surface area is 90.2 Å². The minimum atomic E-state index is 0.209. The lowest BCUT2D eigenvalue weighted by Gasteiger charge is -2.14. The second-order valence-corrected chi connectivity index (χ2v) is 5.33. The maximum atomic E-state index is 11.3. The molecule has 0 aromatic rings. The van der Waals surface area contributed by atoms with Crippen molar-refractivity contribution in [2.24, 2.45) is 11.7 Å². The molecule has 2 unspecified atom stereocenters. The molecule has 1 rings (SSSR count). The SMILES string of the molecule is CC(CN)CSC1CCCNC(=O)C1. The van der Waals surface area contributed by atoms with E-state index in [0.717, 1.165) is 31.7 Å². The van der Waals surface area contributed by atoms with Gasteiger partial charge in [0.15, 0.2) is 0 Å². The molecule has 82 valence electrons. The van der Waals surface area contributed by atoms with Gasteiger partial charge in [-0.1, -0.05) is 6.92 Å². The first-order chi connectivity index (χ1) is 6.72. The Balaban J connectivity index is 2.24. The van der Waals surface area contributed by atoms with Gasteiger partial charge in [-0.05, 0) is 31.1 Å². The third-order valence-electron chi connectivity index (χ3n) is 2.46. The maximum Gasteiger partial charge on any atom is 0.221 e. The number of amides is 1. The molecule has 3 N–H and O–H groups in total. The van der Waals surface area contributed by atoms with Crippen LogP contribution in [0.3, 0.4) is 0 Å². The van der Waals surface area contributed by atoms with E-state index in [0.29, 0.717) is 17.6 Å². The van der Waals surface area contributed by atoms with E-state index in [2.05, 4.69) is 12.2 Å². The minimum absolute atomic E-state index is 0.209. The second kappa shape index (κ2) is 6.30. The third-order valence-corrected chi connectivity index (χ3v) is 4.09. The van der Waals surface area contributed by atoms with Crippen LogP contribution in [0.4, 0.5) is 0 Å². The highest BCUT2D eigenvalue weighted by Gasteiger charge is 2.17. The molecule has 0 spiro atoms. The summed E-state index contributed by atoms with van der Waals surface area (Å²) in [4.78, 5) is 11.3. The van der Waals surface area contributed by atoms with Crippen LogP contribution in [0.15, 0.2) is 0 Å². The van der Waals surface area contributed by atoms with E-state index < -0.39 is 0 Å². The van der Waals surface area contributed by atoms with Crippen LogP contribution in [0, 0.1) is 5.92 Å².